The first kappa shape index (κ1) is 14.1. The molecule has 0 radical (unpaired) electrons. The van der Waals surface area contributed by atoms with Crippen LogP contribution in [0.25, 0.3) is 5.69 Å². The van der Waals surface area contributed by atoms with Crippen LogP contribution in [0.4, 0.5) is 5.69 Å². The number of nitrogens with zero attached hydrogens (tertiary/aromatic N) is 4. The van der Waals surface area contributed by atoms with Gasteiger partial charge in [-0.25, -0.2) is 0 Å². The van der Waals surface area contributed by atoms with Gasteiger partial charge in [0, 0.05) is 5.69 Å². The summed E-state index contributed by atoms with van der Waals surface area (Å²) >= 11 is 0. The number of carbonyl (C=O) groups excluding carboxylic acids is 1. The molecule has 0 aliphatic carbocycles. The minimum Gasteiger partial charge on any atom is -0.325 e. The van der Waals surface area contributed by atoms with Gasteiger partial charge in [-0.1, -0.05) is 19.4 Å². The van der Waals surface area contributed by atoms with Crippen LogP contribution in [0.5, 0.6) is 0 Å². The van der Waals surface area contributed by atoms with Crippen molar-refractivity contribution in [1.29, 1.82) is 0 Å². The fraction of sp³-hybridized carbons (Fsp3) is 0.385. The number of rotatable bonds is 5. The van der Waals surface area contributed by atoms with Gasteiger partial charge in [-0.3, -0.25) is 4.79 Å². The largest absolute Gasteiger partial charge is 0.325 e. The summed E-state index contributed by atoms with van der Waals surface area (Å²) in [6.07, 6.45) is 1.54. The summed E-state index contributed by atoms with van der Waals surface area (Å²) in [6.45, 7) is 3.80. The van der Waals surface area contributed by atoms with Gasteiger partial charge in [0.2, 0.25) is 5.91 Å². The Hall–Kier alpha value is -2.28. The molecule has 0 saturated heterocycles. The van der Waals surface area contributed by atoms with Gasteiger partial charge in [0.25, 0.3) is 0 Å². The molecule has 20 heavy (non-hydrogen) atoms. The van der Waals surface area contributed by atoms with E-state index in [1.807, 2.05) is 26.0 Å². The fourth-order valence-corrected chi connectivity index (χ4v) is 1.86. The Kier molecular flexibility index (Phi) is 4.41. The van der Waals surface area contributed by atoms with E-state index in [4.69, 9.17) is 5.73 Å². The van der Waals surface area contributed by atoms with Gasteiger partial charge in [0.05, 0.1) is 11.7 Å². The van der Waals surface area contributed by atoms with E-state index >= 15 is 0 Å². The first-order chi connectivity index (χ1) is 9.61. The van der Waals surface area contributed by atoms with Gasteiger partial charge in [-0.15, -0.1) is 5.10 Å². The van der Waals surface area contributed by atoms with E-state index in [0.29, 0.717) is 17.9 Å². The third kappa shape index (κ3) is 3.18. The summed E-state index contributed by atoms with van der Waals surface area (Å²) < 4.78 is 1.60. The molecule has 0 aliphatic rings. The minimum atomic E-state index is -0.488. The van der Waals surface area contributed by atoms with E-state index in [1.54, 1.807) is 16.8 Å². The van der Waals surface area contributed by atoms with Crippen LogP contribution in [0.1, 0.15) is 25.6 Å². The van der Waals surface area contributed by atoms with E-state index < -0.39 is 6.04 Å². The number of nitrogens with one attached hydrogen (secondary N) is 1. The molecule has 1 amide bonds. The Morgan fingerprint density at radius 1 is 1.50 bits per heavy atom. The monoisotopic (exact) mass is 274 g/mol. The molecule has 0 fully saturated rings. The average Bonchev–Trinajstić information content (AvgIpc) is 2.85. The minimum absolute atomic E-state index is 0.183. The number of aromatic nitrogens is 4. The van der Waals surface area contributed by atoms with Crippen molar-refractivity contribution in [3.05, 3.63) is 30.1 Å². The van der Waals surface area contributed by atoms with Crippen LogP contribution in [0.15, 0.2) is 24.3 Å². The lowest BCUT2D eigenvalue weighted by atomic mass is 10.1. The van der Waals surface area contributed by atoms with Crippen molar-refractivity contribution in [2.75, 3.05) is 5.32 Å². The summed E-state index contributed by atoms with van der Waals surface area (Å²) in [4.78, 5) is 11.9. The van der Waals surface area contributed by atoms with Gasteiger partial charge >= 0.3 is 0 Å². The Balaban J connectivity index is 2.15. The van der Waals surface area contributed by atoms with Gasteiger partial charge in [0.15, 0.2) is 5.82 Å². The van der Waals surface area contributed by atoms with Crippen LogP contribution >= 0.6 is 0 Å². The molecule has 2 rings (SSSR count). The molecule has 2 aromatic rings. The zero-order chi connectivity index (χ0) is 14.5. The van der Waals surface area contributed by atoms with Crippen LogP contribution in [0.2, 0.25) is 0 Å². The maximum Gasteiger partial charge on any atom is 0.241 e. The lowest BCUT2D eigenvalue weighted by molar-refractivity contribution is -0.117. The highest BCUT2D eigenvalue weighted by Gasteiger charge is 2.13. The number of carbonyl (C=O) groups is 1. The molecule has 0 unspecified atom stereocenters. The highest BCUT2D eigenvalue weighted by atomic mass is 16.2. The number of tetrazole rings is 1. The van der Waals surface area contributed by atoms with Crippen LogP contribution in [-0.4, -0.2) is 32.2 Å². The zero-order valence-electron chi connectivity index (χ0n) is 11.6. The predicted molar refractivity (Wildman–Crippen MR) is 75.4 cm³/mol. The third-order valence-corrected chi connectivity index (χ3v) is 2.92. The zero-order valence-corrected chi connectivity index (χ0v) is 11.6. The molecule has 1 heterocycles. The molecule has 106 valence electrons. The van der Waals surface area contributed by atoms with E-state index in [2.05, 4.69) is 20.8 Å². The molecule has 0 saturated carbocycles. The van der Waals surface area contributed by atoms with Crippen LogP contribution in [0, 0.1) is 6.92 Å². The quantitative estimate of drug-likeness (QED) is 0.848. The number of anilines is 1. The Morgan fingerprint density at radius 3 is 2.95 bits per heavy atom. The molecule has 7 heteroatoms. The highest BCUT2D eigenvalue weighted by Crippen LogP contribution is 2.15. The number of hydrogen-bond acceptors (Lipinski definition) is 5. The van der Waals surface area contributed by atoms with Crippen molar-refractivity contribution in [2.45, 2.75) is 32.7 Å². The van der Waals surface area contributed by atoms with Crippen LogP contribution in [0.3, 0.4) is 0 Å². The molecule has 1 aromatic carbocycles. The third-order valence-electron chi connectivity index (χ3n) is 2.92. The number of benzene rings is 1. The molecule has 0 bridgehead atoms. The van der Waals surface area contributed by atoms with Gasteiger partial charge in [-0.2, -0.15) is 4.68 Å². The summed E-state index contributed by atoms with van der Waals surface area (Å²) in [7, 11) is 0. The Bertz CT molecular complexity index is 594. The first-order valence-corrected chi connectivity index (χ1v) is 6.53. The van der Waals surface area contributed by atoms with Crippen molar-refractivity contribution >= 4 is 11.6 Å². The highest BCUT2D eigenvalue weighted by molar-refractivity contribution is 5.94. The molecular formula is C13H18N6O. The average molecular weight is 274 g/mol. The lowest BCUT2D eigenvalue weighted by Crippen LogP contribution is -2.35. The Morgan fingerprint density at radius 2 is 2.30 bits per heavy atom. The van der Waals surface area contributed by atoms with E-state index in [1.165, 1.54) is 0 Å². The van der Waals surface area contributed by atoms with Crippen molar-refractivity contribution in [3.8, 4) is 5.69 Å². The molecule has 1 atom stereocenters. The normalized spacial score (nSPS) is 12.2. The van der Waals surface area contributed by atoms with E-state index in [9.17, 15) is 4.79 Å². The number of nitrogens with two attached hydrogens (primary N) is 1. The number of hydrogen-bond donors (Lipinski definition) is 2. The molecule has 1 aromatic heterocycles. The maximum atomic E-state index is 11.9. The molecule has 0 aliphatic heterocycles. The van der Waals surface area contributed by atoms with E-state index in [0.717, 1.165) is 12.1 Å². The number of aryl methyl sites for hydroxylation is 1. The molecular weight excluding hydrogens is 256 g/mol. The first-order valence-electron chi connectivity index (χ1n) is 6.53. The Labute approximate surface area is 117 Å². The van der Waals surface area contributed by atoms with Crippen LogP contribution in [-0.2, 0) is 4.79 Å². The summed E-state index contributed by atoms with van der Waals surface area (Å²) in [5, 5.41) is 14.1. The molecule has 7 nitrogen and oxygen atoms in total. The van der Waals surface area contributed by atoms with Gasteiger partial charge in [0.1, 0.15) is 0 Å². The summed E-state index contributed by atoms with van der Waals surface area (Å²) in [6, 6.07) is 6.82. The lowest BCUT2D eigenvalue weighted by Gasteiger charge is -2.12. The standard InChI is InChI=1S/C13H18N6O/c1-3-5-12(14)13(20)15-10-6-4-7-11(8-10)19-9(2)16-17-18-19/h4,6-8,12H,3,5,14H2,1-2H3,(H,15,20)/t12-/m0/s1. The van der Waals surface area contributed by atoms with Gasteiger partial charge < -0.3 is 11.1 Å². The van der Waals surface area contributed by atoms with Crippen molar-refractivity contribution in [2.24, 2.45) is 5.73 Å². The summed E-state index contributed by atoms with van der Waals surface area (Å²) in [5.41, 5.74) is 7.24. The maximum absolute atomic E-state index is 11.9. The van der Waals surface area contributed by atoms with Crippen molar-refractivity contribution in [3.63, 3.8) is 0 Å². The van der Waals surface area contributed by atoms with Gasteiger partial charge in [-0.05, 0) is 42.0 Å². The summed E-state index contributed by atoms with van der Waals surface area (Å²) in [5.74, 6) is 0.494. The predicted octanol–water partition coefficient (Wildman–Crippen LogP) is 1.04. The molecule has 0 spiro atoms. The smallest absolute Gasteiger partial charge is 0.241 e. The van der Waals surface area contributed by atoms with Crippen LogP contribution < -0.4 is 11.1 Å². The topological polar surface area (TPSA) is 98.7 Å². The van der Waals surface area contributed by atoms with E-state index in [-0.39, 0.29) is 5.91 Å². The second-order valence-electron chi connectivity index (χ2n) is 4.57. The van der Waals surface area contributed by atoms with Crippen molar-refractivity contribution < 1.29 is 4.79 Å². The molecule has 3 N–H and O–H groups in total. The second kappa shape index (κ2) is 6.25. The number of amides is 1. The SMILES string of the molecule is CCC[C@H](N)C(=O)Nc1cccc(-n2nnnc2C)c1. The van der Waals surface area contributed by atoms with Crippen molar-refractivity contribution in [1.82, 2.24) is 20.2 Å². The second-order valence-corrected chi connectivity index (χ2v) is 4.57. The fourth-order valence-electron chi connectivity index (χ4n) is 1.86.